The third-order valence-electron chi connectivity index (χ3n) is 4.29. The van der Waals surface area contributed by atoms with Crippen molar-refractivity contribution in [3.8, 4) is 5.75 Å². The van der Waals surface area contributed by atoms with E-state index in [2.05, 4.69) is 5.32 Å². The molecule has 6 heteroatoms. The lowest BCUT2D eigenvalue weighted by Crippen LogP contribution is -2.53. The summed E-state index contributed by atoms with van der Waals surface area (Å²) in [6, 6.07) is 7.71. The molecule has 114 valence electrons. The summed E-state index contributed by atoms with van der Waals surface area (Å²) in [6.07, 6.45) is 0.686. The fourth-order valence-electron chi connectivity index (χ4n) is 3.01. The number of carbonyl (C=O) groups excluding carboxylic acids is 1. The number of urea groups is 1. The van der Waals surface area contributed by atoms with Crippen LogP contribution in [0.25, 0.3) is 0 Å². The molecule has 2 fully saturated rings. The lowest BCUT2D eigenvalue weighted by molar-refractivity contribution is -0.342. The van der Waals surface area contributed by atoms with Gasteiger partial charge >= 0.3 is 6.03 Å². The molecule has 2 saturated heterocycles. The Labute approximate surface area is 123 Å². The molecule has 2 aliphatic rings. The number of hydrogen-bond acceptors (Lipinski definition) is 4. The third kappa shape index (κ3) is 2.45. The predicted molar refractivity (Wildman–Crippen MR) is 75.9 cm³/mol. The van der Waals surface area contributed by atoms with E-state index in [0.29, 0.717) is 13.0 Å². The maximum absolute atomic E-state index is 11.9. The third-order valence-corrected chi connectivity index (χ3v) is 4.29. The second kappa shape index (κ2) is 5.20. The summed E-state index contributed by atoms with van der Waals surface area (Å²) < 4.78 is 10.7. The lowest BCUT2D eigenvalue weighted by atomic mass is 9.84. The Bertz CT molecular complexity index is 533. The van der Waals surface area contributed by atoms with Crippen molar-refractivity contribution in [1.82, 2.24) is 10.4 Å². The average Bonchev–Trinajstić information content (AvgIpc) is 2.88. The fourth-order valence-corrected chi connectivity index (χ4v) is 3.01. The zero-order valence-corrected chi connectivity index (χ0v) is 12.5. The van der Waals surface area contributed by atoms with Crippen LogP contribution in [0.15, 0.2) is 24.3 Å². The van der Waals surface area contributed by atoms with Gasteiger partial charge in [-0.3, -0.25) is 0 Å². The Morgan fingerprint density at radius 3 is 2.67 bits per heavy atom. The number of nitrogens with one attached hydrogen (secondary N) is 1. The van der Waals surface area contributed by atoms with E-state index in [0.717, 1.165) is 11.3 Å². The first kappa shape index (κ1) is 14.2. The lowest BCUT2D eigenvalue weighted by Gasteiger charge is -2.44. The van der Waals surface area contributed by atoms with Gasteiger partial charge in [0.2, 0.25) is 0 Å². The minimum Gasteiger partial charge on any atom is -0.497 e. The Hall–Kier alpha value is -1.79. The number of ether oxygens (including phenoxy) is 2. The smallest absolute Gasteiger partial charge is 0.341 e. The maximum Gasteiger partial charge on any atom is 0.341 e. The van der Waals surface area contributed by atoms with Crippen LogP contribution >= 0.6 is 0 Å². The van der Waals surface area contributed by atoms with Gasteiger partial charge in [-0.2, -0.15) is 5.06 Å². The van der Waals surface area contributed by atoms with Crippen molar-refractivity contribution in [1.29, 1.82) is 0 Å². The summed E-state index contributed by atoms with van der Waals surface area (Å²) in [5, 5.41) is 4.25. The number of nitrogens with zero attached hydrogens (tertiary/aromatic N) is 1. The molecule has 3 atom stereocenters. The molecular weight excluding hydrogens is 272 g/mol. The number of fused-ring (bicyclic) bond motifs is 1. The van der Waals surface area contributed by atoms with Gasteiger partial charge in [-0.15, -0.1) is 0 Å². The first-order valence-electron chi connectivity index (χ1n) is 7.01. The molecule has 1 aromatic rings. The average molecular weight is 292 g/mol. The van der Waals surface area contributed by atoms with Crippen molar-refractivity contribution in [2.24, 2.45) is 0 Å². The molecule has 1 N–H and O–H groups in total. The minimum absolute atomic E-state index is 0.0193. The topological polar surface area (TPSA) is 60.0 Å². The van der Waals surface area contributed by atoms with E-state index in [4.69, 9.17) is 14.3 Å². The van der Waals surface area contributed by atoms with Gasteiger partial charge in [0.05, 0.1) is 13.2 Å². The number of benzene rings is 1. The van der Waals surface area contributed by atoms with Crippen LogP contribution in [0.1, 0.15) is 24.8 Å². The molecule has 0 aliphatic carbocycles. The molecule has 0 saturated carbocycles. The highest BCUT2D eigenvalue weighted by Crippen LogP contribution is 2.41. The molecular formula is C15H20N2O4. The second-order valence-electron chi connectivity index (χ2n) is 5.59. The maximum atomic E-state index is 11.9. The zero-order valence-electron chi connectivity index (χ0n) is 12.5. The first-order valence-corrected chi connectivity index (χ1v) is 7.01. The zero-order chi connectivity index (χ0) is 15.0. The molecule has 0 bridgehead atoms. The van der Waals surface area contributed by atoms with Crippen molar-refractivity contribution in [3.05, 3.63) is 29.8 Å². The minimum atomic E-state index is -0.803. The number of carbonyl (C=O) groups is 1. The number of hydrogen-bond donors (Lipinski definition) is 1. The van der Waals surface area contributed by atoms with Gasteiger partial charge in [0.15, 0.2) is 5.79 Å². The van der Waals surface area contributed by atoms with Crippen LogP contribution in [-0.2, 0) is 9.57 Å². The largest absolute Gasteiger partial charge is 0.497 e. The molecule has 1 aromatic carbocycles. The van der Waals surface area contributed by atoms with Gasteiger partial charge in [0.25, 0.3) is 0 Å². The van der Waals surface area contributed by atoms with E-state index < -0.39 is 5.79 Å². The molecule has 6 nitrogen and oxygen atoms in total. The standard InChI is InChI=1S/C15H20N2O4/c1-15(20-3)8-12(10-4-6-11(19-2)7-5-10)13-9-16-14(18)17(13)21-15/h4-7,12-13H,8-9H2,1-3H3,(H,16,18). The van der Waals surface area contributed by atoms with Gasteiger partial charge in [0, 0.05) is 26.0 Å². The van der Waals surface area contributed by atoms with Gasteiger partial charge in [-0.05, 0) is 24.6 Å². The monoisotopic (exact) mass is 292 g/mol. The summed E-state index contributed by atoms with van der Waals surface area (Å²) in [5.41, 5.74) is 1.15. The number of methoxy groups -OCH3 is 2. The van der Waals surface area contributed by atoms with Crippen molar-refractivity contribution in [2.75, 3.05) is 20.8 Å². The molecule has 0 spiro atoms. The number of hydroxylamine groups is 2. The first-order chi connectivity index (χ1) is 10.1. The fraction of sp³-hybridized carbons (Fsp3) is 0.533. The SMILES string of the molecule is COc1ccc(C2CC(C)(OC)ON3C(=O)NCC23)cc1. The Kier molecular flexibility index (Phi) is 3.51. The number of amides is 2. The van der Waals surface area contributed by atoms with Gasteiger partial charge in [-0.25, -0.2) is 9.63 Å². The molecule has 0 radical (unpaired) electrons. The summed E-state index contributed by atoms with van der Waals surface area (Å²) in [7, 11) is 3.24. The van der Waals surface area contributed by atoms with Crippen LogP contribution in [0.4, 0.5) is 4.79 Å². The Morgan fingerprint density at radius 1 is 1.33 bits per heavy atom. The van der Waals surface area contributed by atoms with Crippen LogP contribution in [0.3, 0.4) is 0 Å². The highest BCUT2D eigenvalue weighted by atomic mass is 16.8. The van der Waals surface area contributed by atoms with E-state index in [-0.39, 0.29) is 18.0 Å². The van der Waals surface area contributed by atoms with Crippen LogP contribution < -0.4 is 10.1 Å². The summed E-state index contributed by atoms with van der Waals surface area (Å²) >= 11 is 0. The summed E-state index contributed by atoms with van der Waals surface area (Å²) in [6.45, 7) is 2.43. The quantitative estimate of drug-likeness (QED) is 0.924. The van der Waals surface area contributed by atoms with Crippen molar-refractivity contribution >= 4 is 6.03 Å². The molecule has 3 rings (SSSR count). The van der Waals surface area contributed by atoms with Crippen molar-refractivity contribution in [2.45, 2.75) is 31.1 Å². The van der Waals surface area contributed by atoms with Crippen LogP contribution in [-0.4, -0.2) is 43.7 Å². The summed E-state index contributed by atoms with van der Waals surface area (Å²) in [4.78, 5) is 17.6. The second-order valence-corrected chi connectivity index (χ2v) is 5.59. The normalized spacial score (nSPS) is 31.8. The van der Waals surface area contributed by atoms with Crippen LogP contribution in [0, 0.1) is 0 Å². The van der Waals surface area contributed by atoms with E-state index in [1.54, 1.807) is 14.2 Å². The van der Waals surface area contributed by atoms with Crippen LogP contribution in [0.5, 0.6) is 5.75 Å². The molecule has 21 heavy (non-hydrogen) atoms. The van der Waals surface area contributed by atoms with Gasteiger partial charge in [-0.1, -0.05) is 12.1 Å². The van der Waals surface area contributed by atoms with Crippen molar-refractivity contribution in [3.63, 3.8) is 0 Å². The molecule has 2 aliphatic heterocycles. The highest BCUT2D eigenvalue weighted by molar-refractivity contribution is 5.76. The molecule has 0 aromatic heterocycles. The van der Waals surface area contributed by atoms with E-state index >= 15 is 0 Å². The predicted octanol–water partition coefficient (Wildman–Crippen LogP) is 1.87. The van der Waals surface area contributed by atoms with Gasteiger partial charge in [0.1, 0.15) is 5.75 Å². The highest BCUT2D eigenvalue weighted by Gasteiger charge is 2.49. The van der Waals surface area contributed by atoms with E-state index in [1.807, 2.05) is 31.2 Å². The molecule has 2 amide bonds. The van der Waals surface area contributed by atoms with Gasteiger partial charge < -0.3 is 14.8 Å². The Balaban J connectivity index is 1.92. The van der Waals surface area contributed by atoms with Crippen LogP contribution in [0.2, 0.25) is 0 Å². The van der Waals surface area contributed by atoms with Crippen molar-refractivity contribution < 1.29 is 19.1 Å². The Morgan fingerprint density at radius 2 is 2.05 bits per heavy atom. The summed E-state index contributed by atoms with van der Waals surface area (Å²) in [5.74, 6) is 0.161. The van der Waals surface area contributed by atoms with E-state index in [9.17, 15) is 4.79 Å². The molecule has 2 heterocycles. The number of rotatable bonds is 3. The molecule has 3 unspecified atom stereocenters. The van der Waals surface area contributed by atoms with E-state index in [1.165, 1.54) is 5.06 Å².